The standard InChI is InChI=1S/C13H14N4O3/c1-3-16-11-9(12(18)17(4-2)13(16)19)14-10(15-11)8-6-5-7-20-8/h5-7H,3-4H2,1-2H3,(H,14,15). The molecule has 3 rings (SSSR count). The summed E-state index contributed by atoms with van der Waals surface area (Å²) in [6.07, 6.45) is 1.53. The van der Waals surface area contributed by atoms with Gasteiger partial charge >= 0.3 is 5.69 Å². The maximum atomic E-state index is 12.3. The lowest BCUT2D eigenvalue weighted by atomic mass is 10.4. The van der Waals surface area contributed by atoms with Gasteiger partial charge in [-0.25, -0.2) is 9.78 Å². The average molecular weight is 274 g/mol. The first-order valence-electron chi connectivity index (χ1n) is 6.44. The number of nitrogens with one attached hydrogen (secondary N) is 1. The quantitative estimate of drug-likeness (QED) is 0.777. The number of hydrogen-bond acceptors (Lipinski definition) is 4. The Kier molecular flexibility index (Phi) is 2.81. The van der Waals surface area contributed by atoms with Gasteiger partial charge < -0.3 is 9.40 Å². The number of aromatic nitrogens is 4. The Morgan fingerprint density at radius 2 is 2.00 bits per heavy atom. The SMILES string of the molecule is CCn1c(=O)c2[nH]c(-c3ccco3)nc2n(CC)c1=O. The van der Waals surface area contributed by atoms with Crippen molar-refractivity contribution in [3.05, 3.63) is 39.2 Å². The minimum atomic E-state index is -0.359. The molecule has 7 heteroatoms. The monoisotopic (exact) mass is 274 g/mol. The molecule has 1 N–H and O–H groups in total. The van der Waals surface area contributed by atoms with Crippen LogP contribution in [0.1, 0.15) is 13.8 Å². The minimum Gasteiger partial charge on any atom is -0.461 e. The number of rotatable bonds is 3. The molecule has 104 valence electrons. The molecular formula is C13H14N4O3. The molecule has 3 aromatic heterocycles. The van der Waals surface area contributed by atoms with Crippen LogP contribution in [0.15, 0.2) is 32.4 Å². The van der Waals surface area contributed by atoms with Gasteiger partial charge in [0.1, 0.15) is 0 Å². The van der Waals surface area contributed by atoms with Crippen molar-refractivity contribution in [1.82, 2.24) is 19.1 Å². The van der Waals surface area contributed by atoms with Gasteiger partial charge in [0, 0.05) is 13.1 Å². The van der Waals surface area contributed by atoms with E-state index >= 15 is 0 Å². The van der Waals surface area contributed by atoms with E-state index in [0.717, 1.165) is 0 Å². The van der Waals surface area contributed by atoms with E-state index in [-0.39, 0.29) is 11.2 Å². The first-order valence-corrected chi connectivity index (χ1v) is 6.44. The second-order valence-corrected chi connectivity index (χ2v) is 4.34. The topological polar surface area (TPSA) is 85.8 Å². The summed E-state index contributed by atoms with van der Waals surface area (Å²) in [5.74, 6) is 0.969. The number of hydrogen-bond donors (Lipinski definition) is 1. The largest absolute Gasteiger partial charge is 0.461 e. The van der Waals surface area contributed by atoms with Crippen molar-refractivity contribution in [3.8, 4) is 11.6 Å². The van der Waals surface area contributed by atoms with Crippen molar-refractivity contribution in [2.75, 3.05) is 0 Å². The summed E-state index contributed by atoms with van der Waals surface area (Å²) in [6, 6.07) is 3.48. The molecule has 20 heavy (non-hydrogen) atoms. The van der Waals surface area contributed by atoms with Crippen LogP contribution in [0.3, 0.4) is 0 Å². The summed E-state index contributed by atoms with van der Waals surface area (Å²) in [6.45, 7) is 4.37. The van der Waals surface area contributed by atoms with Gasteiger partial charge in [0.05, 0.1) is 6.26 Å². The first kappa shape index (κ1) is 12.5. The highest BCUT2D eigenvalue weighted by atomic mass is 16.3. The summed E-state index contributed by atoms with van der Waals surface area (Å²) in [4.78, 5) is 31.8. The molecule has 3 aromatic rings. The van der Waals surface area contributed by atoms with E-state index in [4.69, 9.17) is 4.42 Å². The van der Waals surface area contributed by atoms with E-state index < -0.39 is 0 Å². The van der Waals surface area contributed by atoms with Gasteiger partial charge in [-0.15, -0.1) is 0 Å². The van der Waals surface area contributed by atoms with Gasteiger partial charge in [0.25, 0.3) is 5.56 Å². The van der Waals surface area contributed by atoms with Gasteiger partial charge in [-0.05, 0) is 26.0 Å². The van der Waals surface area contributed by atoms with Crippen LogP contribution in [0, 0.1) is 0 Å². The maximum Gasteiger partial charge on any atom is 0.332 e. The number of imidazole rings is 1. The van der Waals surface area contributed by atoms with E-state index in [2.05, 4.69) is 9.97 Å². The highest BCUT2D eigenvalue weighted by Gasteiger charge is 2.17. The average Bonchev–Trinajstić information content (AvgIpc) is 3.08. The summed E-state index contributed by atoms with van der Waals surface area (Å²) < 4.78 is 7.93. The molecule has 0 aliphatic rings. The van der Waals surface area contributed by atoms with Crippen LogP contribution in [0.5, 0.6) is 0 Å². The zero-order valence-electron chi connectivity index (χ0n) is 11.2. The molecule has 3 heterocycles. The number of aromatic amines is 1. The fraction of sp³-hybridized carbons (Fsp3) is 0.308. The molecule has 7 nitrogen and oxygen atoms in total. The molecule has 0 atom stereocenters. The summed E-state index contributed by atoms with van der Waals surface area (Å²) in [7, 11) is 0. The lowest BCUT2D eigenvalue weighted by Crippen LogP contribution is -2.39. The third-order valence-corrected chi connectivity index (χ3v) is 3.25. The Balaban J connectivity index is 2.42. The molecule has 0 aliphatic carbocycles. The molecule has 0 radical (unpaired) electrons. The number of furan rings is 1. The fourth-order valence-corrected chi connectivity index (χ4v) is 2.26. The number of fused-ring (bicyclic) bond motifs is 1. The van der Waals surface area contributed by atoms with Crippen LogP contribution in [-0.4, -0.2) is 19.1 Å². The Morgan fingerprint density at radius 1 is 1.25 bits per heavy atom. The minimum absolute atomic E-state index is 0.319. The number of H-pyrrole nitrogens is 1. The van der Waals surface area contributed by atoms with E-state index in [9.17, 15) is 9.59 Å². The van der Waals surface area contributed by atoms with Crippen LogP contribution >= 0.6 is 0 Å². The Morgan fingerprint density at radius 3 is 2.60 bits per heavy atom. The van der Waals surface area contributed by atoms with Crippen molar-refractivity contribution >= 4 is 11.2 Å². The Labute approximate surface area is 113 Å². The maximum absolute atomic E-state index is 12.3. The molecule has 0 saturated heterocycles. The van der Waals surface area contributed by atoms with Gasteiger partial charge in [-0.1, -0.05) is 0 Å². The van der Waals surface area contributed by atoms with Crippen LogP contribution in [0.4, 0.5) is 0 Å². The predicted octanol–water partition coefficient (Wildman–Crippen LogP) is 1.19. The third kappa shape index (κ3) is 1.63. The molecule has 0 aromatic carbocycles. The van der Waals surface area contributed by atoms with Crippen molar-refractivity contribution in [2.45, 2.75) is 26.9 Å². The van der Waals surface area contributed by atoms with Crippen molar-refractivity contribution in [1.29, 1.82) is 0 Å². The zero-order valence-corrected chi connectivity index (χ0v) is 11.2. The normalized spacial score (nSPS) is 11.3. The molecule has 0 bridgehead atoms. The summed E-state index contributed by atoms with van der Waals surface area (Å²) in [5, 5.41) is 0. The molecule has 0 aliphatic heterocycles. The van der Waals surface area contributed by atoms with Crippen LogP contribution in [0.25, 0.3) is 22.7 Å². The van der Waals surface area contributed by atoms with E-state index in [1.165, 1.54) is 15.4 Å². The van der Waals surface area contributed by atoms with Crippen molar-refractivity contribution in [2.24, 2.45) is 0 Å². The van der Waals surface area contributed by atoms with Gasteiger partial charge in [0.15, 0.2) is 22.7 Å². The fourth-order valence-electron chi connectivity index (χ4n) is 2.26. The lowest BCUT2D eigenvalue weighted by molar-refractivity contribution is 0.578. The van der Waals surface area contributed by atoms with E-state index in [1.54, 1.807) is 19.1 Å². The smallest absolute Gasteiger partial charge is 0.332 e. The first-order chi connectivity index (χ1) is 9.67. The predicted molar refractivity (Wildman–Crippen MR) is 73.7 cm³/mol. The summed E-state index contributed by atoms with van der Waals surface area (Å²) in [5.41, 5.74) is -0.0224. The number of aryl methyl sites for hydroxylation is 1. The Hall–Kier alpha value is -2.57. The van der Waals surface area contributed by atoms with Crippen LogP contribution < -0.4 is 11.2 Å². The Bertz CT molecular complexity index is 868. The second-order valence-electron chi connectivity index (χ2n) is 4.34. The zero-order chi connectivity index (χ0) is 14.3. The van der Waals surface area contributed by atoms with Gasteiger partial charge in [0.2, 0.25) is 0 Å². The van der Waals surface area contributed by atoms with Crippen molar-refractivity contribution in [3.63, 3.8) is 0 Å². The van der Waals surface area contributed by atoms with Crippen molar-refractivity contribution < 1.29 is 4.42 Å². The second kappa shape index (κ2) is 4.52. The van der Waals surface area contributed by atoms with Crippen LogP contribution in [-0.2, 0) is 13.1 Å². The molecular weight excluding hydrogens is 260 g/mol. The van der Waals surface area contributed by atoms with E-state index in [1.807, 2.05) is 6.92 Å². The highest BCUT2D eigenvalue weighted by Crippen LogP contribution is 2.18. The lowest BCUT2D eigenvalue weighted by Gasteiger charge is -2.06. The molecule has 0 fully saturated rings. The molecule has 0 amide bonds. The third-order valence-electron chi connectivity index (χ3n) is 3.25. The molecule has 0 unspecified atom stereocenters. The number of nitrogens with zero attached hydrogens (tertiary/aromatic N) is 3. The summed E-state index contributed by atoms with van der Waals surface area (Å²) >= 11 is 0. The van der Waals surface area contributed by atoms with E-state index in [0.29, 0.717) is 35.8 Å². The van der Waals surface area contributed by atoms with Crippen LogP contribution in [0.2, 0.25) is 0 Å². The van der Waals surface area contributed by atoms with Gasteiger partial charge in [-0.3, -0.25) is 13.9 Å². The molecule has 0 saturated carbocycles. The van der Waals surface area contributed by atoms with Gasteiger partial charge in [-0.2, -0.15) is 0 Å². The molecule has 0 spiro atoms. The highest BCUT2D eigenvalue weighted by molar-refractivity contribution is 5.74.